The van der Waals surface area contributed by atoms with E-state index in [1.807, 2.05) is 19.1 Å². The number of nitriles is 1. The van der Waals surface area contributed by atoms with Crippen LogP contribution in [0, 0.1) is 11.3 Å². The molecule has 0 saturated heterocycles. The van der Waals surface area contributed by atoms with Crippen molar-refractivity contribution in [2.24, 2.45) is 0 Å². The predicted octanol–water partition coefficient (Wildman–Crippen LogP) is 4.49. The highest BCUT2D eigenvalue weighted by molar-refractivity contribution is 6.06. The Balaban J connectivity index is 1.57. The molecule has 0 bridgehead atoms. The molecule has 4 aromatic rings. The summed E-state index contributed by atoms with van der Waals surface area (Å²) < 4.78 is 13.0. The van der Waals surface area contributed by atoms with Crippen molar-refractivity contribution in [3.05, 3.63) is 77.6 Å². The summed E-state index contributed by atoms with van der Waals surface area (Å²) in [5.41, 5.74) is 3.74. The number of fused-ring (bicyclic) bond motifs is 1. The minimum absolute atomic E-state index is 0.163. The van der Waals surface area contributed by atoms with Crippen LogP contribution in [-0.2, 0) is 4.74 Å². The van der Waals surface area contributed by atoms with Gasteiger partial charge in [0.25, 0.3) is 11.8 Å². The topological polar surface area (TPSA) is 122 Å². The molecule has 0 aliphatic heterocycles. The van der Waals surface area contributed by atoms with Crippen LogP contribution in [0.15, 0.2) is 60.9 Å². The number of hydrogen-bond donors (Lipinski definition) is 1. The van der Waals surface area contributed by atoms with Crippen LogP contribution in [0.5, 0.6) is 5.88 Å². The van der Waals surface area contributed by atoms with E-state index in [0.717, 1.165) is 29.5 Å². The SMILES string of the molecule is CCCCOCCOc1nc(N(CC)C(=O)c2ccn3ncc(-c4ccc(C(=O)NC)cc4)c3c2)ccc1C#N. The van der Waals surface area contributed by atoms with Gasteiger partial charge in [0.2, 0.25) is 5.88 Å². The molecular weight excluding hydrogens is 508 g/mol. The van der Waals surface area contributed by atoms with E-state index in [0.29, 0.717) is 36.7 Å². The predicted molar refractivity (Wildman–Crippen MR) is 152 cm³/mol. The van der Waals surface area contributed by atoms with E-state index in [4.69, 9.17) is 9.47 Å². The number of rotatable bonds is 12. The molecule has 4 rings (SSSR count). The first-order valence-corrected chi connectivity index (χ1v) is 13.2. The van der Waals surface area contributed by atoms with Gasteiger partial charge in [0.05, 0.1) is 18.3 Å². The molecular formula is C30H32N6O4. The van der Waals surface area contributed by atoms with Gasteiger partial charge in [-0.2, -0.15) is 15.3 Å². The highest BCUT2D eigenvalue weighted by Crippen LogP contribution is 2.27. The highest BCUT2D eigenvalue weighted by Gasteiger charge is 2.21. The third-order valence-corrected chi connectivity index (χ3v) is 6.37. The normalized spacial score (nSPS) is 10.8. The summed E-state index contributed by atoms with van der Waals surface area (Å²) >= 11 is 0. The van der Waals surface area contributed by atoms with Gasteiger partial charge in [-0.1, -0.05) is 25.5 Å². The lowest BCUT2D eigenvalue weighted by molar-refractivity contribution is 0.0959. The van der Waals surface area contributed by atoms with Crippen LogP contribution in [0.3, 0.4) is 0 Å². The third kappa shape index (κ3) is 6.27. The Hall–Kier alpha value is -4.75. The number of aromatic nitrogens is 3. The zero-order chi connectivity index (χ0) is 28.5. The molecule has 0 fully saturated rings. The van der Waals surface area contributed by atoms with Crippen LogP contribution in [-0.4, -0.2) is 59.8 Å². The fourth-order valence-corrected chi connectivity index (χ4v) is 4.17. The molecule has 40 heavy (non-hydrogen) atoms. The number of anilines is 1. The van der Waals surface area contributed by atoms with Crippen molar-refractivity contribution in [2.45, 2.75) is 26.7 Å². The third-order valence-electron chi connectivity index (χ3n) is 6.37. The second kappa shape index (κ2) is 13.4. The zero-order valence-electron chi connectivity index (χ0n) is 22.9. The van der Waals surface area contributed by atoms with E-state index in [9.17, 15) is 14.9 Å². The number of nitrogens with one attached hydrogen (secondary N) is 1. The van der Waals surface area contributed by atoms with Crippen LogP contribution in [0.25, 0.3) is 16.6 Å². The zero-order valence-corrected chi connectivity index (χ0v) is 22.9. The second-order valence-electron chi connectivity index (χ2n) is 8.96. The smallest absolute Gasteiger partial charge is 0.259 e. The fourth-order valence-electron chi connectivity index (χ4n) is 4.17. The van der Waals surface area contributed by atoms with Crippen molar-refractivity contribution in [3.63, 3.8) is 0 Å². The van der Waals surface area contributed by atoms with Gasteiger partial charge in [-0.25, -0.2) is 4.52 Å². The van der Waals surface area contributed by atoms with Crippen molar-refractivity contribution in [1.82, 2.24) is 19.9 Å². The molecule has 1 N–H and O–H groups in total. The molecule has 0 spiro atoms. The first kappa shape index (κ1) is 28.3. The number of ether oxygens (including phenoxy) is 2. The van der Waals surface area contributed by atoms with Crippen LogP contribution < -0.4 is 15.0 Å². The number of carbonyl (C=O) groups is 2. The lowest BCUT2D eigenvalue weighted by Crippen LogP contribution is -2.31. The molecule has 3 heterocycles. The molecule has 10 nitrogen and oxygen atoms in total. The number of amides is 2. The van der Waals surface area contributed by atoms with E-state index in [1.54, 1.807) is 60.4 Å². The summed E-state index contributed by atoms with van der Waals surface area (Å²) in [7, 11) is 1.59. The standard InChI is InChI=1S/C30H32N6O4/c1-4-6-15-39-16-17-40-29-24(19-31)11-12-27(34-29)35(5-2)30(38)23-13-14-36-26(18-23)25(20-33-36)21-7-9-22(10-8-21)28(37)32-3/h7-14,18,20H,4-6,15-17H2,1-3H3,(H,32,37). The van der Waals surface area contributed by atoms with Gasteiger partial charge in [0, 0.05) is 43.1 Å². The Morgan fingerprint density at radius 3 is 2.55 bits per heavy atom. The lowest BCUT2D eigenvalue weighted by atomic mass is 10.0. The first-order chi connectivity index (χ1) is 19.5. The first-order valence-electron chi connectivity index (χ1n) is 13.2. The molecule has 2 amide bonds. The number of benzene rings is 1. The second-order valence-corrected chi connectivity index (χ2v) is 8.96. The molecule has 10 heteroatoms. The molecule has 1 aromatic carbocycles. The van der Waals surface area contributed by atoms with Gasteiger partial charge in [0.15, 0.2) is 0 Å². The molecule has 0 aliphatic rings. The molecule has 0 saturated carbocycles. The number of carbonyl (C=O) groups excluding carboxylic acids is 2. The van der Waals surface area contributed by atoms with Crippen LogP contribution in [0.2, 0.25) is 0 Å². The molecule has 0 atom stereocenters. The monoisotopic (exact) mass is 540 g/mol. The number of hydrogen-bond acceptors (Lipinski definition) is 7. The Labute approximate surface area is 233 Å². The molecule has 3 aromatic heterocycles. The summed E-state index contributed by atoms with van der Waals surface area (Å²) in [6.45, 7) is 5.60. The van der Waals surface area contributed by atoms with Gasteiger partial charge >= 0.3 is 0 Å². The van der Waals surface area contributed by atoms with E-state index in [2.05, 4.69) is 28.4 Å². The Bertz CT molecular complexity index is 1520. The van der Waals surface area contributed by atoms with Crippen molar-refractivity contribution in [1.29, 1.82) is 5.26 Å². The highest BCUT2D eigenvalue weighted by atomic mass is 16.5. The van der Waals surface area contributed by atoms with Crippen molar-refractivity contribution < 1.29 is 19.1 Å². The minimum Gasteiger partial charge on any atom is -0.474 e. The quantitative estimate of drug-likeness (QED) is 0.263. The maximum Gasteiger partial charge on any atom is 0.259 e. The van der Waals surface area contributed by atoms with Crippen molar-refractivity contribution in [3.8, 4) is 23.1 Å². The number of nitrogens with zero attached hydrogens (tertiary/aromatic N) is 5. The Morgan fingerprint density at radius 2 is 1.85 bits per heavy atom. The molecule has 0 unspecified atom stereocenters. The van der Waals surface area contributed by atoms with Gasteiger partial charge in [-0.15, -0.1) is 0 Å². The van der Waals surface area contributed by atoms with Crippen LogP contribution >= 0.6 is 0 Å². The van der Waals surface area contributed by atoms with Crippen LogP contribution in [0.4, 0.5) is 5.82 Å². The Kier molecular flexibility index (Phi) is 9.44. The molecule has 0 aliphatic carbocycles. The fraction of sp³-hybridized carbons (Fsp3) is 0.300. The minimum atomic E-state index is -0.252. The summed E-state index contributed by atoms with van der Waals surface area (Å²) in [6.07, 6.45) is 5.48. The van der Waals surface area contributed by atoms with Gasteiger partial charge < -0.3 is 14.8 Å². The maximum absolute atomic E-state index is 13.7. The maximum atomic E-state index is 13.7. The van der Waals surface area contributed by atoms with E-state index in [1.165, 1.54) is 4.90 Å². The van der Waals surface area contributed by atoms with Crippen molar-refractivity contribution in [2.75, 3.05) is 38.3 Å². The molecule has 206 valence electrons. The lowest BCUT2D eigenvalue weighted by Gasteiger charge is -2.21. The number of pyridine rings is 2. The van der Waals surface area contributed by atoms with Gasteiger partial charge in [0.1, 0.15) is 24.1 Å². The van der Waals surface area contributed by atoms with Gasteiger partial charge in [-0.3, -0.25) is 14.5 Å². The average Bonchev–Trinajstić information content (AvgIpc) is 3.42. The Morgan fingerprint density at radius 1 is 1.05 bits per heavy atom. The summed E-state index contributed by atoms with van der Waals surface area (Å²) in [4.78, 5) is 31.6. The average molecular weight is 541 g/mol. The van der Waals surface area contributed by atoms with Crippen molar-refractivity contribution >= 4 is 23.1 Å². The van der Waals surface area contributed by atoms with E-state index < -0.39 is 0 Å². The summed E-state index contributed by atoms with van der Waals surface area (Å²) in [5.74, 6) is 0.133. The van der Waals surface area contributed by atoms with E-state index >= 15 is 0 Å². The van der Waals surface area contributed by atoms with Crippen LogP contribution in [0.1, 0.15) is 53.0 Å². The van der Waals surface area contributed by atoms with Gasteiger partial charge in [-0.05, 0) is 55.3 Å². The number of unbranched alkanes of at least 4 members (excludes halogenated alkanes) is 1. The molecule has 0 radical (unpaired) electrons. The van der Waals surface area contributed by atoms with E-state index in [-0.39, 0.29) is 29.9 Å². The summed E-state index contributed by atoms with van der Waals surface area (Å²) in [5, 5.41) is 16.5. The summed E-state index contributed by atoms with van der Waals surface area (Å²) in [6, 6.07) is 16.0. The largest absolute Gasteiger partial charge is 0.474 e.